The maximum absolute atomic E-state index is 15.4. The summed E-state index contributed by atoms with van der Waals surface area (Å²) in [5.74, 6) is -0.560. The Morgan fingerprint density at radius 1 is 1.28 bits per heavy atom. The Morgan fingerprint density at radius 3 is 2.56 bits per heavy atom. The number of carbonyl (C=O) groups excluding carboxylic acids is 1. The Bertz CT molecular complexity index is 1220. The van der Waals surface area contributed by atoms with Gasteiger partial charge in [-0.1, -0.05) is 18.2 Å². The molecule has 0 spiro atoms. The molecule has 1 aliphatic heterocycles. The summed E-state index contributed by atoms with van der Waals surface area (Å²) in [5, 5.41) is 13.0. The van der Waals surface area contributed by atoms with Crippen LogP contribution >= 0.6 is 7.75 Å². The molecule has 1 aromatic heterocycles. The van der Waals surface area contributed by atoms with E-state index < -0.39 is 67.8 Å². The number of hydrogen-bond donors (Lipinski definition) is 3. The standard InChI is InChI=1S/C22H29FN3O9P/c1-13(2)33-19(29)14(3)25-36(31,35-15-8-6-5-7-9-15)32-12-16-18(28)22(4,23)20(34-16)26-11-10-17(27)24-21(26)30/h5-11,13-14,16,18,20,28H,12H2,1-4H3,(H,25,31)(H,24,27,30)/t14-,16+,18+,20+,22-,36?/m0/s1. The number of rotatable bonds is 10. The molecule has 12 nitrogen and oxygen atoms in total. The van der Waals surface area contributed by atoms with Crippen LogP contribution in [-0.4, -0.2) is 57.3 Å². The molecular weight excluding hydrogens is 500 g/mol. The molecule has 14 heteroatoms. The van der Waals surface area contributed by atoms with E-state index in [0.717, 1.165) is 23.8 Å². The molecule has 1 unspecified atom stereocenters. The molecule has 6 atom stereocenters. The van der Waals surface area contributed by atoms with Crippen molar-refractivity contribution in [1.29, 1.82) is 0 Å². The molecule has 0 amide bonds. The molecule has 198 valence electrons. The highest BCUT2D eigenvalue weighted by molar-refractivity contribution is 7.52. The van der Waals surface area contributed by atoms with E-state index in [1.807, 2.05) is 4.98 Å². The number of carbonyl (C=O) groups is 1. The smallest absolute Gasteiger partial charge is 0.459 e. The van der Waals surface area contributed by atoms with Crippen LogP contribution in [0.4, 0.5) is 4.39 Å². The largest absolute Gasteiger partial charge is 0.462 e. The van der Waals surface area contributed by atoms with E-state index in [2.05, 4.69) is 5.09 Å². The van der Waals surface area contributed by atoms with Gasteiger partial charge < -0.3 is 19.1 Å². The lowest BCUT2D eigenvalue weighted by atomic mass is 9.98. The van der Waals surface area contributed by atoms with Crippen molar-refractivity contribution in [1.82, 2.24) is 14.6 Å². The quantitative estimate of drug-likeness (QED) is 0.305. The second-order valence-electron chi connectivity index (χ2n) is 8.67. The van der Waals surface area contributed by atoms with Gasteiger partial charge in [0.25, 0.3) is 5.56 Å². The van der Waals surface area contributed by atoms with Crippen molar-refractivity contribution in [2.45, 2.75) is 63.9 Å². The monoisotopic (exact) mass is 529 g/mol. The van der Waals surface area contributed by atoms with E-state index >= 15 is 4.39 Å². The van der Waals surface area contributed by atoms with Gasteiger partial charge in [0.1, 0.15) is 24.0 Å². The van der Waals surface area contributed by atoms with Crippen molar-refractivity contribution in [3.05, 3.63) is 63.4 Å². The lowest BCUT2D eigenvalue weighted by molar-refractivity contribution is -0.149. The topological polar surface area (TPSA) is 158 Å². The second-order valence-corrected chi connectivity index (χ2v) is 10.4. The Balaban J connectivity index is 1.80. The van der Waals surface area contributed by atoms with Crippen molar-refractivity contribution in [2.24, 2.45) is 0 Å². The van der Waals surface area contributed by atoms with Gasteiger partial charge in [0.2, 0.25) is 0 Å². The fourth-order valence-corrected chi connectivity index (χ4v) is 4.97. The summed E-state index contributed by atoms with van der Waals surface area (Å²) in [4.78, 5) is 37.7. The van der Waals surface area contributed by atoms with E-state index in [-0.39, 0.29) is 5.75 Å². The van der Waals surface area contributed by atoms with Crippen LogP contribution in [0, 0.1) is 0 Å². The van der Waals surface area contributed by atoms with Crippen LogP contribution in [0.15, 0.2) is 52.2 Å². The van der Waals surface area contributed by atoms with Crippen LogP contribution in [0.5, 0.6) is 5.75 Å². The van der Waals surface area contributed by atoms with Crippen molar-refractivity contribution in [2.75, 3.05) is 6.61 Å². The van der Waals surface area contributed by atoms with Crippen LogP contribution in [0.25, 0.3) is 0 Å². The van der Waals surface area contributed by atoms with Gasteiger partial charge in [0.15, 0.2) is 11.9 Å². The number of halogens is 1. The molecule has 3 rings (SSSR count). The van der Waals surface area contributed by atoms with Crippen molar-refractivity contribution >= 4 is 13.7 Å². The molecule has 2 aromatic rings. The molecule has 1 saturated heterocycles. The van der Waals surface area contributed by atoms with Gasteiger partial charge >= 0.3 is 19.4 Å². The fraction of sp³-hybridized carbons (Fsp3) is 0.500. The van der Waals surface area contributed by atoms with E-state index in [1.165, 1.54) is 19.1 Å². The van der Waals surface area contributed by atoms with E-state index in [4.69, 9.17) is 18.5 Å². The minimum atomic E-state index is -4.30. The summed E-state index contributed by atoms with van der Waals surface area (Å²) >= 11 is 0. The molecule has 36 heavy (non-hydrogen) atoms. The predicted octanol–water partition coefficient (Wildman–Crippen LogP) is 1.66. The van der Waals surface area contributed by atoms with E-state index in [9.17, 15) is 24.1 Å². The number of aromatic nitrogens is 2. The summed E-state index contributed by atoms with van der Waals surface area (Å²) in [7, 11) is -4.30. The molecule has 0 radical (unpaired) electrons. The number of hydrogen-bond acceptors (Lipinski definition) is 9. The third kappa shape index (κ3) is 6.48. The molecule has 1 aromatic carbocycles. The number of ether oxygens (including phenoxy) is 2. The van der Waals surface area contributed by atoms with Gasteiger partial charge in [0.05, 0.1) is 12.7 Å². The minimum Gasteiger partial charge on any atom is -0.462 e. The van der Waals surface area contributed by atoms with Crippen LogP contribution < -0.4 is 20.9 Å². The Labute approximate surface area is 205 Å². The number of aromatic amines is 1. The van der Waals surface area contributed by atoms with Crippen molar-refractivity contribution in [3.63, 3.8) is 0 Å². The Morgan fingerprint density at radius 2 is 1.94 bits per heavy atom. The van der Waals surface area contributed by atoms with Gasteiger partial charge in [-0.2, -0.15) is 5.09 Å². The van der Waals surface area contributed by atoms with Gasteiger partial charge in [-0.05, 0) is 39.8 Å². The molecule has 3 N–H and O–H groups in total. The molecule has 0 aliphatic carbocycles. The predicted molar refractivity (Wildman–Crippen MR) is 125 cm³/mol. The highest BCUT2D eigenvalue weighted by Crippen LogP contribution is 2.47. The average Bonchev–Trinajstić information content (AvgIpc) is 3.01. The number of para-hydroxylation sites is 1. The first kappa shape index (κ1) is 27.8. The lowest BCUT2D eigenvalue weighted by Crippen LogP contribution is -2.43. The summed E-state index contributed by atoms with van der Waals surface area (Å²) in [5.41, 5.74) is -4.12. The number of aliphatic hydroxyl groups is 1. The van der Waals surface area contributed by atoms with Crippen LogP contribution in [-0.2, 0) is 23.4 Å². The first-order valence-corrected chi connectivity index (χ1v) is 12.7. The van der Waals surface area contributed by atoms with Gasteiger partial charge in [-0.3, -0.25) is 23.7 Å². The zero-order chi connectivity index (χ0) is 26.7. The lowest BCUT2D eigenvalue weighted by Gasteiger charge is -2.25. The molecular formula is C22H29FN3O9P. The normalized spacial score (nSPS) is 26.4. The Hall–Kier alpha value is -2.83. The first-order valence-electron chi connectivity index (χ1n) is 11.1. The third-order valence-electron chi connectivity index (χ3n) is 5.26. The van der Waals surface area contributed by atoms with Gasteiger partial charge in [0, 0.05) is 12.3 Å². The number of esters is 1. The third-order valence-corrected chi connectivity index (χ3v) is 6.90. The SMILES string of the molecule is CC(C)OC(=O)[C@H](C)NP(=O)(OC[C@H]1O[C@@H](n2ccc(=O)[nH]c2=O)[C@@](C)(F)[C@@H]1O)Oc1ccccc1. The maximum Gasteiger partial charge on any atom is 0.459 e. The summed E-state index contributed by atoms with van der Waals surface area (Å²) in [6, 6.07) is 7.86. The van der Waals surface area contributed by atoms with Crippen LogP contribution in [0.1, 0.15) is 33.9 Å². The first-order chi connectivity index (χ1) is 16.8. The number of alkyl halides is 1. The molecule has 2 heterocycles. The Kier molecular flexibility index (Phi) is 8.52. The van der Waals surface area contributed by atoms with Crippen molar-refractivity contribution in [3.8, 4) is 5.75 Å². The average molecular weight is 529 g/mol. The van der Waals surface area contributed by atoms with Crippen molar-refractivity contribution < 1.29 is 37.4 Å². The second kappa shape index (κ2) is 11.1. The highest BCUT2D eigenvalue weighted by atomic mass is 31.2. The fourth-order valence-electron chi connectivity index (χ4n) is 3.47. The highest BCUT2D eigenvalue weighted by Gasteiger charge is 2.55. The van der Waals surface area contributed by atoms with E-state index in [1.54, 1.807) is 32.0 Å². The van der Waals surface area contributed by atoms with Crippen LogP contribution in [0.2, 0.25) is 0 Å². The minimum absolute atomic E-state index is 0.152. The zero-order valence-corrected chi connectivity index (χ0v) is 21.0. The van der Waals surface area contributed by atoms with E-state index in [0.29, 0.717) is 0 Å². The van der Waals surface area contributed by atoms with Crippen LogP contribution in [0.3, 0.4) is 0 Å². The number of nitrogens with one attached hydrogen (secondary N) is 2. The maximum atomic E-state index is 15.4. The molecule has 0 saturated carbocycles. The summed E-state index contributed by atoms with van der Waals surface area (Å²) in [6.45, 7) is 5.07. The summed E-state index contributed by atoms with van der Waals surface area (Å²) in [6.07, 6.45) is -4.21. The molecule has 0 bridgehead atoms. The zero-order valence-electron chi connectivity index (χ0n) is 20.1. The van der Waals surface area contributed by atoms with Gasteiger partial charge in [-0.25, -0.2) is 13.8 Å². The van der Waals surface area contributed by atoms with Gasteiger partial charge in [-0.15, -0.1) is 0 Å². The molecule has 1 fully saturated rings. The number of aliphatic hydroxyl groups excluding tert-OH is 1. The molecule has 1 aliphatic rings. The number of nitrogens with zero attached hydrogens (tertiary/aromatic N) is 1. The number of H-pyrrole nitrogens is 1. The number of benzene rings is 1. The summed E-state index contributed by atoms with van der Waals surface area (Å²) < 4.78 is 51.4.